The second-order valence-corrected chi connectivity index (χ2v) is 7.42. The molecule has 7 heteroatoms. The summed E-state index contributed by atoms with van der Waals surface area (Å²) in [5.74, 6) is 1.38. The van der Waals surface area contributed by atoms with Crippen molar-refractivity contribution in [3.63, 3.8) is 0 Å². The van der Waals surface area contributed by atoms with Gasteiger partial charge in [0, 0.05) is 12.0 Å². The van der Waals surface area contributed by atoms with E-state index in [9.17, 15) is 13.2 Å². The van der Waals surface area contributed by atoms with Gasteiger partial charge < -0.3 is 9.47 Å². The smallest absolute Gasteiger partial charge is 0.416 e. The van der Waals surface area contributed by atoms with Gasteiger partial charge in [-0.1, -0.05) is 30.3 Å². The molecule has 0 N–H and O–H groups in total. The summed E-state index contributed by atoms with van der Waals surface area (Å²) in [5, 5.41) is 6.71. The van der Waals surface area contributed by atoms with Gasteiger partial charge in [-0.3, -0.25) is 5.01 Å². The molecule has 0 aromatic heterocycles. The third kappa shape index (κ3) is 3.83. The molecule has 2 heterocycles. The predicted octanol–water partition coefficient (Wildman–Crippen LogP) is 5.83. The number of hydrogen-bond donors (Lipinski definition) is 0. The Morgan fingerprint density at radius 1 is 0.839 bits per heavy atom. The average Bonchev–Trinajstić information content (AvgIpc) is 3.24. The van der Waals surface area contributed by atoms with Crippen LogP contribution in [0.15, 0.2) is 77.9 Å². The molecular formula is C24H19F3N2O2. The molecule has 0 fully saturated rings. The number of alkyl halides is 3. The van der Waals surface area contributed by atoms with Crippen LogP contribution in [0.5, 0.6) is 11.5 Å². The van der Waals surface area contributed by atoms with Crippen LogP contribution in [0.3, 0.4) is 0 Å². The summed E-state index contributed by atoms with van der Waals surface area (Å²) in [5.41, 5.74) is 2.73. The van der Waals surface area contributed by atoms with Crippen molar-refractivity contribution in [2.45, 2.75) is 18.6 Å². The summed E-state index contributed by atoms with van der Waals surface area (Å²) in [6.07, 6.45) is -3.81. The second-order valence-electron chi connectivity index (χ2n) is 7.42. The number of nitrogens with zero attached hydrogens (tertiary/aromatic N) is 2. The van der Waals surface area contributed by atoms with E-state index in [1.54, 1.807) is 0 Å². The Balaban J connectivity index is 1.50. The van der Waals surface area contributed by atoms with E-state index in [0.29, 0.717) is 31.1 Å². The molecule has 5 rings (SSSR count). The zero-order chi connectivity index (χ0) is 21.4. The molecule has 0 saturated heterocycles. The van der Waals surface area contributed by atoms with Gasteiger partial charge in [0.05, 0.1) is 23.0 Å². The molecule has 0 spiro atoms. The van der Waals surface area contributed by atoms with Gasteiger partial charge >= 0.3 is 6.18 Å². The quantitative estimate of drug-likeness (QED) is 0.530. The predicted molar refractivity (Wildman–Crippen MR) is 112 cm³/mol. The molecule has 1 unspecified atom stereocenters. The Hall–Kier alpha value is -3.48. The molecule has 1 atom stereocenters. The van der Waals surface area contributed by atoms with Crippen molar-refractivity contribution < 1.29 is 22.6 Å². The molecule has 2 aliphatic heterocycles. The van der Waals surface area contributed by atoms with Crippen molar-refractivity contribution in [2.24, 2.45) is 5.10 Å². The van der Waals surface area contributed by atoms with Crippen molar-refractivity contribution in [3.05, 3.63) is 89.5 Å². The number of ether oxygens (including phenoxy) is 2. The van der Waals surface area contributed by atoms with E-state index in [1.165, 1.54) is 12.1 Å². The minimum atomic E-state index is -4.36. The van der Waals surface area contributed by atoms with Crippen LogP contribution in [-0.4, -0.2) is 18.9 Å². The minimum absolute atomic E-state index is 0.215. The Labute approximate surface area is 177 Å². The minimum Gasteiger partial charge on any atom is -0.486 e. The van der Waals surface area contributed by atoms with E-state index in [0.717, 1.165) is 34.7 Å². The number of para-hydroxylation sites is 1. The molecule has 3 aromatic rings. The molecule has 2 aliphatic rings. The molecule has 0 radical (unpaired) electrons. The lowest BCUT2D eigenvalue weighted by molar-refractivity contribution is -0.137. The van der Waals surface area contributed by atoms with Gasteiger partial charge in [0.1, 0.15) is 13.2 Å². The molecule has 3 aromatic carbocycles. The standard InChI is InChI=1S/C24H19F3N2O2/c25-24(26,27)18-9-6-16(7-10-18)21-15-20(28-29(21)19-4-2-1-3-5-19)17-8-11-22-23(14-17)31-13-12-30-22/h1-11,14,21H,12-13,15H2. The summed E-state index contributed by atoms with van der Waals surface area (Å²) in [4.78, 5) is 0. The fourth-order valence-electron chi connectivity index (χ4n) is 3.88. The molecule has 158 valence electrons. The number of rotatable bonds is 3. The highest BCUT2D eigenvalue weighted by molar-refractivity contribution is 6.03. The first-order valence-corrected chi connectivity index (χ1v) is 9.98. The maximum Gasteiger partial charge on any atom is 0.416 e. The molecular weight excluding hydrogens is 405 g/mol. The first-order chi connectivity index (χ1) is 15.0. The van der Waals surface area contributed by atoms with Crippen LogP contribution < -0.4 is 14.5 Å². The van der Waals surface area contributed by atoms with Gasteiger partial charge in [0.2, 0.25) is 0 Å². The van der Waals surface area contributed by atoms with E-state index in [-0.39, 0.29) is 6.04 Å². The van der Waals surface area contributed by atoms with Crippen LogP contribution in [0.2, 0.25) is 0 Å². The highest BCUT2D eigenvalue weighted by atomic mass is 19.4. The molecule has 0 aliphatic carbocycles. The average molecular weight is 424 g/mol. The zero-order valence-corrected chi connectivity index (χ0v) is 16.5. The monoisotopic (exact) mass is 424 g/mol. The lowest BCUT2D eigenvalue weighted by Crippen LogP contribution is -2.18. The van der Waals surface area contributed by atoms with Gasteiger partial charge in [0.25, 0.3) is 0 Å². The number of halogens is 3. The third-order valence-electron chi connectivity index (χ3n) is 5.43. The van der Waals surface area contributed by atoms with Crippen LogP contribution in [0.1, 0.15) is 29.2 Å². The number of hydrogen-bond acceptors (Lipinski definition) is 4. The van der Waals surface area contributed by atoms with Gasteiger partial charge in [-0.05, 0) is 48.0 Å². The fourth-order valence-corrected chi connectivity index (χ4v) is 3.88. The van der Waals surface area contributed by atoms with Crippen LogP contribution in [0.4, 0.5) is 18.9 Å². The summed E-state index contributed by atoms with van der Waals surface area (Å²) in [6.45, 7) is 1.01. The molecule has 4 nitrogen and oxygen atoms in total. The number of fused-ring (bicyclic) bond motifs is 1. The Morgan fingerprint density at radius 2 is 1.55 bits per heavy atom. The van der Waals surface area contributed by atoms with E-state index < -0.39 is 11.7 Å². The largest absolute Gasteiger partial charge is 0.486 e. The van der Waals surface area contributed by atoms with Gasteiger partial charge in [-0.2, -0.15) is 18.3 Å². The maximum absolute atomic E-state index is 13.0. The van der Waals surface area contributed by atoms with Crippen LogP contribution in [-0.2, 0) is 6.18 Å². The third-order valence-corrected chi connectivity index (χ3v) is 5.43. The van der Waals surface area contributed by atoms with E-state index in [1.807, 2.05) is 53.5 Å². The van der Waals surface area contributed by atoms with Crippen LogP contribution >= 0.6 is 0 Å². The Morgan fingerprint density at radius 3 is 2.26 bits per heavy atom. The van der Waals surface area contributed by atoms with Crippen molar-refractivity contribution in [3.8, 4) is 11.5 Å². The lowest BCUT2D eigenvalue weighted by Gasteiger charge is -2.24. The second kappa shape index (κ2) is 7.65. The van der Waals surface area contributed by atoms with Crippen LogP contribution in [0, 0.1) is 0 Å². The summed E-state index contributed by atoms with van der Waals surface area (Å²) >= 11 is 0. The van der Waals surface area contributed by atoms with Crippen molar-refractivity contribution >= 4 is 11.4 Å². The van der Waals surface area contributed by atoms with Crippen LogP contribution in [0.25, 0.3) is 0 Å². The number of benzene rings is 3. The van der Waals surface area contributed by atoms with E-state index in [2.05, 4.69) is 0 Å². The first kappa shape index (κ1) is 19.5. The normalized spacial score (nSPS) is 18.1. The number of hydrazone groups is 1. The van der Waals surface area contributed by atoms with Crippen molar-refractivity contribution in [1.82, 2.24) is 0 Å². The topological polar surface area (TPSA) is 34.1 Å². The molecule has 0 bridgehead atoms. The SMILES string of the molecule is FC(F)(F)c1ccc(C2CC(c3ccc4c(c3)OCCO4)=NN2c2ccccc2)cc1. The summed E-state index contributed by atoms with van der Waals surface area (Å²) in [6, 6.07) is 20.4. The first-order valence-electron chi connectivity index (χ1n) is 9.98. The number of anilines is 1. The Bertz CT molecular complexity index is 1110. The van der Waals surface area contributed by atoms with E-state index in [4.69, 9.17) is 14.6 Å². The Kier molecular flexibility index (Phi) is 4.81. The fraction of sp³-hybridized carbons (Fsp3) is 0.208. The van der Waals surface area contributed by atoms with E-state index >= 15 is 0 Å². The van der Waals surface area contributed by atoms with Crippen molar-refractivity contribution in [1.29, 1.82) is 0 Å². The highest BCUT2D eigenvalue weighted by Gasteiger charge is 2.33. The highest BCUT2D eigenvalue weighted by Crippen LogP contribution is 2.39. The van der Waals surface area contributed by atoms with Crippen molar-refractivity contribution in [2.75, 3.05) is 18.2 Å². The molecule has 31 heavy (non-hydrogen) atoms. The van der Waals surface area contributed by atoms with Gasteiger partial charge in [-0.15, -0.1) is 0 Å². The lowest BCUT2D eigenvalue weighted by atomic mass is 9.97. The van der Waals surface area contributed by atoms with Gasteiger partial charge in [0.15, 0.2) is 11.5 Å². The molecule has 0 amide bonds. The maximum atomic E-state index is 13.0. The zero-order valence-electron chi connectivity index (χ0n) is 16.5. The summed E-state index contributed by atoms with van der Waals surface area (Å²) < 4.78 is 50.3. The summed E-state index contributed by atoms with van der Waals surface area (Å²) in [7, 11) is 0. The molecule has 0 saturated carbocycles. The van der Waals surface area contributed by atoms with Gasteiger partial charge in [-0.25, -0.2) is 0 Å².